The van der Waals surface area contributed by atoms with Crippen LogP contribution in [0.5, 0.6) is 0 Å². The lowest BCUT2D eigenvalue weighted by molar-refractivity contribution is -0.125. The minimum Gasteiger partial charge on any atom is -0.345 e. The maximum absolute atomic E-state index is 13.8. The maximum Gasteiger partial charge on any atom is 0.249 e. The molecule has 0 saturated carbocycles. The Morgan fingerprint density at radius 2 is 2.00 bits per heavy atom. The fraction of sp³-hybridized carbons (Fsp3) is 0.333. The second kappa shape index (κ2) is 5.24. The minimum absolute atomic E-state index is 0.0155. The van der Waals surface area contributed by atoms with E-state index < -0.39 is 23.6 Å². The van der Waals surface area contributed by atoms with Gasteiger partial charge in [0.15, 0.2) is 0 Å². The summed E-state index contributed by atoms with van der Waals surface area (Å²) in [5.74, 6) is -2.14. The fourth-order valence-corrected chi connectivity index (χ4v) is 2.21. The summed E-state index contributed by atoms with van der Waals surface area (Å²) in [5, 5.41) is 2.48. The second-order valence-corrected chi connectivity index (χ2v) is 5.10. The van der Waals surface area contributed by atoms with Crippen molar-refractivity contribution in [1.29, 1.82) is 0 Å². The van der Waals surface area contributed by atoms with Crippen molar-refractivity contribution >= 4 is 33.4 Å². The molecule has 2 rings (SSSR count). The van der Waals surface area contributed by atoms with Crippen LogP contribution in [0, 0.1) is 11.6 Å². The lowest BCUT2D eigenvalue weighted by atomic mass is 10.2. The van der Waals surface area contributed by atoms with Gasteiger partial charge < -0.3 is 10.2 Å². The monoisotopic (exact) mass is 332 g/mol. The van der Waals surface area contributed by atoms with E-state index in [-0.39, 0.29) is 29.0 Å². The summed E-state index contributed by atoms with van der Waals surface area (Å²) >= 11 is 2.87. The zero-order valence-corrected chi connectivity index (χ0v) is 11.6. The molecule has 7 heteroatoms. The number of hydrogen-bond donors (Lipinski definition) is 1. The van der Waals surface area contributed by atoms with Crippen LogP contribution in [0.4, 0.5) is 14.5 Å². The molecule has 1 aromatic carbocycles. The van der Waals surface area contributed by atoms with Gasteiger partial charge in [-0.2, -0.15) is 0 Å². The van der Waals surface area contributed by atoms with Gasteiger partial charge in [-0.3, -0.25) is 9.59 Å². The Morgan fingerprint density at radius 3 is 2.68 bits per heavy atom. The Labute approximate surface area is 116 Å². The van der Waals surface area contributed by atoms with Crippen molar-refractivity contribution in [3.8, 4) is 0 Å². The highest BCUT2D eigenvalue weighted by atomic mass is 79.9. The molecule has 4 nitrogen and oxygen atoms in total. The average Bonchev–Trinajstić information content (AvgIpc) is 2.45. The predicted molar refractivity (Wildman–Crippen MR) is 68.6 cm³/mol. The van der Waals surface area contributed by atoms with E-state index in [4.69, 9.17) is 0 Å². The Balaban J connectivity index is 2.42. The minimum atomic E-state index is -0.763. The first-order valence-electron chi connectivity index (χ1n) is 5.65. The van der Waals surface area contributed by atoms with Gasteiger partial charge in [-0.25, -0.2) is 8.78 Å². The molecule has 2 amide bonds. The van der Waals surface area contributed by atoms with Crippen LogP contribution in [0.2, 0.25) is 0 Å². The molecule has 1 aliphatic heterocycles. The third-order valence-electron chi connectivity index (χ3n) is 2.86. The van der Waals surface area contributed by atoms with Crippen molar-refractivity contribution < 1.29 is 18.4 Å². The SMILES string of the molecule is CC1NC(=O)CCN(c2cc(F)c(Br)cc2F)C1=O. The van der Waals surface area contributed by atoms with Crippen LogP contribution in [0.1, 0.15) is 13.3 Å². The van der Waals surface area contributed by atoms with Crippen molar-refractivity contribution in [3.63, 3.8) is 0 Å². The number of benzene rings is 1. The van der Waals surface area contributed by atoms with Gasteiger partial charge in [0, 0.05) is 19.0 Å². The lowest BCUT2D eigenvalue weighted by Gasteiger charge is -2.23. The number of carbonyl (C=O) groups excluding carboxylic acids is 2. The molecule has 1 unspecified atom stereocenters. The average molecular weight is 333 g/mol. The number of amides is 2. The van der Waals surface area contributed by atoms with E-state index in [0.29, 0.717) is 0 Å². The molecule has 1 atom stereocenters. The second-order valence-electron chi connectivity index (χ2n) is 4.25. The largest absolute Gasteiger partial charge is 0.345 e. The van der Waals surface area contributed by atoms with Gasteiger partial charge in [-0.15, -0.1) is 0 Å². The van der Waals surface area contributed by atoms with E-state index >= 15 is 0 Å². The number of nitrogens with zero attached hydrogens (tertiary/aromatic N) is 1. The van der Waals surface area contributed by atoms with Crippen LogP contribution >= 0.6 is 15.9 Å². The summed E-state index contributed by atoms with van der Waals surface area (Å²) in [5.41, 5.74) is -0.158. The highest BCUT2D eigenvalue weighted by molar-refractivity contribution is 9.10. The van der Waals surface area contributed by atoms with Crippen LogP contribution in [-0.2, 0) is 9.59 Å². The van der Waals surface area contributed by atoms with Crippen LogP contribution in [0.15, 0.2) is 16.6 Å². The van der Waals surface area contributed by atoms with Gasteiger partial charge in [0.25, 0.3) is 0 Å². The Kier molecular flexibility index (Phi) is 3.84. The molecular formula is C12H11BrF2N2O2. The Morgan fingerprint density at radius 1 is 1.32 bits per heavy atom. The number of rotatable bonds is 1. The molecule has 1 heterocycles. The zero-order chi connectivity index (χ0) is 14.2. The molecule has 0 aliphatic carbocycles. The predicted octanol–water partition coefficient (Wildman–Crippen LogP) is 1.97. The normalized spacial score (nSPS) is 20.2. The molecule has 0 aromatic heterocycles. The summed E-state index contributed by atoms with van der Waals surface area (Å²) in [7, 11) is 0. The number of carbonyl (C=O) groups is 2. The molecule has 0 bridgehead atoms. The summed E-state index contributed by atoms with van der Waals surface area (Å²) in [4.78, 5) is 24.5. The van der Waals surface area contributed by atoms with E-state index in [2.05, 4.69) is 21.2 Å². The molecule has 102 valence electrons. The first-order valence-corrected chi connectivity index (χ1v) is 6.44. The van der Waals surface area contributed by atoms with Gasteiger partial charge in [-0.05, 0) is 28.9 Å². The number of nitrogens with one attached hydrogen (secondary N) is 1. The molecule has 1 N–H and O–H groups in total. The van der Waals surface area contributed by atoms with Gasteiger partial charge in [0.2, 0.25) is 11.8 Å². The van der Waals surface area contributed by atoms with Crippen LogP contribution in [0.3, 0.4) is 0 Å². The van der Waals surface area contributed by atoms with Gasteiger partial charge in [0.05, 0.1) is 10.2 Å². The smallest absolute Gasteiger partial charge is 0.249 e. The fourth-order valence-electron chi connectivity index (χ4n) is 1.89. The molecule has 1 aromatic rings. The van der Waals surface area contributed by atoms with E-state index in [1.807, 2.05) is 0 Å². The standard InChI is InChI=1S/C12H11BrF2N2O2/c1-6-12(19)17(3-2-11(18)16-6)10-5-8(14)7(13)4-9(10)15/h4-6H,2-3H2,1H3,(H,16,18). The molecule has 1 fully saturated rings. The van der Waals surface area contributed by atoms with Crippen molar-refractivity contribution in [3.05, 3.63) is 28.2 Å². The van der Waals surface area contributed by atoms with E-state index in [1.165, 1.54) is 6.92 Å². The lowest BCUT2D eigenvalue weighted by Crippen LogP contribution is -2.43. The maximum atomic E-state index is 13.8. The van der Waals surface area contributed by atoms with Crippen LogP contribution < -0.4 is 10.2 Å². The number of anilines is 1. The first-order chi connectivity index (χ1) is 8.90. The first kappa shape index (κ1) is 13.9. The highest BCUT2D eigenvalue weighted by Crippen LogP contribution is 2.27. The molecule has 0 radical (unpaired) electrons. The summed E-state index contributed by atoms with van der Waals surface area (Å²) in [6, 6.07) is 1.14. The third kappa shape index (κ3) is 2.75. The van der Waals surface area contributed by atoms with Gasteiger partial charge >= 0.3 is 0 Å². The van der Waals surface area contributed by atoms with E-state index in [9.17, 15) is 18.4 Å². The molecule has 1 saturated heterocycles. The van der Waals surface area contributed by atoms with Crippen molar-refractivity contribution in [1.82, 2.24) is 5.32 Å². The van der Waals surface area contributed by atoms with Crippen molar-refractivity contribution in [2.24, 2.45) is 0 Å². The highest BCUT2D eigenvalue weighted by Gasteiger charge is 2.29. The summed E-state index contributed by atoms with van der Waals surface area (Å²) in [6.45, 7) is 1.53. The van der Waals surface area contributed by atoms with Crippen LogP contribution in [0.25, 0.3) is 0 Å². The number of hydrogen-bond acceptors (Lipinski definition) is 2. The zero-order valence-electron chi connectivity index (χ0n) is 10.0. The topological polar surface area (TPSA) is 49.4 Å². The van der Waals surface area contributed by atoms with E-state index in [0.717, 1.165) is 17.0 Å². The molecule has 19 heavy (non-hydrogen) atoms. The van der Waals surface area contributed by atoms with Crippen LogP contribution in [-0.4, -0.2) is 24.4 Å². The number of halogens is 3. The quantitative estimate of drug-likeness (QED) is 0.799. The van der Waals surface area contributed by atoms with Gasteiger partial charge in [0.1, 0.15) is 17.7 Å². The Bertz CT molecular complexity index is 551. The van der Waals surface area contributed by atoms with E-state index in [1.54, 1.807) is 0 Å². The summed E-state index contributed by atoms with van der Waals surface area (Å²) < 4.78 is 27.3. The third-order valence-corrected chi connectivity index (χ3v) is 3.46. The molecule has 0 spiro atoms. The van der Waals surface area contributed by atoms with Crippen molar-refractivity contribution in [2.45, 2.75) is 19.4 Å². The molecular weight excluding hydrogens is 322 g/mol. The van der Waals surface area contributed by atoms with Crippen molar-refractivity contribution in [2.75, 3.05) is 11.4 Å². The molecule has 1 aliphatic rings. The Hall–Kier alpha value is -1.50. The van der Waals surface area contributed by atoms with Gasteiger partial charge in [-0.1, -0.05) is 0 Å². The summed E-state index contributed by atoms with van der Waals surface area (Å²) in [6.07, 6.45) is 0.0488.